The van der Waals surface area contributed by atoms with Gasteiger partial charge in [-0.1, -0.05) is 19.1 Å². The van der Waals surface area contributed by atoms with Gasteiger partial charge in [-0.05, 0) is 44.4 Å². The van der Waals surface area contributed by atoms with Crippen molar-refractivity contribution in [2.75, 3.05) is 32.7 Å². The lowest BCUT2D eigenvalue weighted by molar-refractivity contribution is -0.126. The summed E-state index contributed by atoms with van der Waals surface area (Å²) in [6, 6.07) is 5.26. The van der Waals surface area contributed by atoms with Crippen LogP contribution < -0.4 is 5.32 Å². The van der Waals surface area contributed by atoms with Crippen LogP contribution in [0.2, 0.25) is 0 Å². The van der Waals surface area contributed by atoms with Crippen molar-refractivity contribution in [2.24, 2.45) is 0 Å². The lowest BCUT2D eigenvalue weighted by Gasteiger charge is -2.37. The van der Waals surface area contributed by atoms with Gasteiger partial charge in [0.2, 0.25) is 15.9 Å². The number of benzene rings is 1. The zero-order valence-corrected chi connectivity index (χ0v) is 16.4. The van der Waals surface area contributed by atoms with Crippen molar-refractivity contribution in [2.45, 2.75) is 45.1 Å². The summed E-state index contributed by atoms with van der Waals surface area (Å²) >= 11 is 0. The minimum absolute atomic E-state index is 0.00712. The predicted molar refractivity (Wildman–Crippen MR) is 99.0 cm³/mol. The third kappa shape index (κ3) is 4.59. The van der Waals surface area contributed by atoms with Gasteiger partial charge in [-0.15, -0.1) is 0 Å². The maximum atomic E-state index is 12.9. The highest BCUT2D eigenvalue weighted by Gasteiger charge is 2.32. The number of hydrogen-bond acceptors (Lipinski definition) is 4. The molecule has 1 atom stereocenters. The van der Waals surface area contributed by atoms with Crippen LogP contribution in [0.1, 0.15) is 31.4 Å². The lowest BCUT2D eigenvalue weighted by Crippen LogP contribution is -2.55. The van der Waals surface area contributed by atoms with Crippen molar-refractivity contribution in [3.63, 3.8) is 0 Å². The Kier molecular flexibility index (Phi) is 6.59. The Bertz CT molecular complexity index is 710. The number of carbonyl (C=O) groups is 1. The number of carbonyl (C=O) groups excluding carboxylic acids is 1. The number of aryl methyl sites for hydroxylation is 2. The van der Waals surface area contributed by atoms with Gasteiger partial charge in [0, 0.05) is 32.7 Å². The zero-order valence-electron chi connectivity index (χ0n) is 15.6. The average molecular weight is 368 g/mol. The van der Waals surface area contributed by atoms with E-state index in [0.717, 1.165) is 17.5 Å². The number of hydrogen-bond donors (Lipinski definition) is 1. The van der Waals surface area contributed by atoms with Gasteiger partial charge < -0.3 is 5.32 Å². The normalized spacial score (nSPS) is 18.1. The topological polar surface area (TPSA) is 69.7 Å². The summed E-state index contributed by atoms with van der Waals surface area (Å²) in [7, 11) is -3.49. The molecule has 1 aromatic carbocycles. The molecule has 1 N–H and O–H groups in total. The van der Waals surface area contributed by atoms with Crippen LogP contribution in [0.5, 0.6) is 0 Å². The fraction of sp³-hybridized carbons (Fsp3) is 0.611. The summed E-state index contributed by atoms with van der Waals surface area (Å²) in [6.45, 7) is 10.2. The van der Waals surface area contributed by atoms with E-state index in [0.29, 0.717) is 37.6 Å². The lowest BCUT2D eigenvalue weighted by atomic mass is 10.2. The number of sulfonamides is 1. The number of amides is 1. The number of nitrogens with one attached hydrogen (secondary N) is 1. The monoisotopic (exact) mass is 367 g/mol. The Morgan fingerprint density at radius 3 is 2.44 bits per heavy atom. The molecule has 0 unspecified atom stereocenters. The Morgan fingerprint density at radius 2 is 1.84 bits per heavy atom. The van der Waals surface area contributed by atoms with Gasteiger partial charge in [0.05, 0.1) is 10.9 Å². The molecule has 25 heavy (non-hydrogen) atoms. The van der Waals surface area contributed by atoms with Crippen LogP contribution in [0.15, 0.2) is 23.1 Å². The van der Waals surface area contributed by atoms with Crippen LogP contribution in [-0.4, -0.2) is 62.3 Å². The van der Waals surface area contributed by atoms with E-state index < -0.39 is 10.0 Å². The molecule has 0 saturated carbocycles. The molecule has 1 aromatic rings. The van der Waals surface area contributed by atoms with E-state index in [-0.39, 0.29) is 11.9 Å². The Balaban J connectivity index is 2.04. The van der Waals surface area contributed by atoms with Crippen molar-refractivity contribution in [3.8, 4) is 0 Å². The summed E-state index contributed by atoms with van der Waals surface area (Å²) in [4.78, 5) is 14.5. The molecule has 0 bridgehead atoms. The zero-order chi connectivity index (χ0) is 18.6. The summed E-state index contributed by atoms with van der Waals surface area (Å²) in [5.41, 5.74) is 1.70. The summed E-state index contributed by atoms with van der Waals surface area (Å²) in [6.07, 6.45) is 0.903. The second-order valence-corrected chi connectivity index (χ2v) is 8.58. The number of nitrogens with zero attached hydrogens (tertiary/aromatic N) is 2. The summed E-state index contributed by atoms with van der Waals surface area (Å²) < 4.78 is 27.4. The first-order chi connectivity index (χ1) is 11.8. The van der Waals surface area contributed by atoms with Gasteiger partial charge in [0.15, 0.2) is 0 Å². The smallest absolute Gasteiger partial charge is 0.243 e. The maximum Gasteiger partial charge on any atom is 0.243 e. The van der Waals surface area contributed by atoms with E-state index in [9.17, 15) is 13.2 Å². The van der Waals surface area contributed by atoms with E-state index >= 15 is 0 Å². The minimum Gasteiger partial charge on any atom is -0.355 e. The van der Waals surface area contributed by atoms with Gasteiger partial charge in [-0.2, -0.15) is 4.31 Å². The van der Waals surface area contributed by atoms with E-state index in [1.54, 1.807) is 6.07 Å². The van der Waals surface area contributed by atoms with Crippen LogP contribution in [0.25, 0.3) is 0 Å². The van der Waals surface area contributed by atoms with Gasteiger partial charge >= 0.3 is 0 Å². The van der Waals surface area contributed by atoms with E-state index in [1.807, 2.05) is 44.7 Å². The Morgan fingerprint density at radius 1 is 1.20 bits per heavy atom. The van der Waals surface area contributed by atoms with Gasteiger partial charge in [-0.3, -0.25) is 9.69 Å². The van der Waals surface area contributed by atoms with Gasteiger partial charge in [0.25, 0.3) is 0 Å². The second-order valence-electron chi connectivity index (χ2n) is 6.68. The highest BCUT2D eigenvalue weighted by molar-refractivity contribution is 7.89. The molecule has 0 aliphatic carbocycles. The van der Waals surface area contributed by atoms with E-state index in [1.165, 1.54) is 4.31 Å². The molecule has 1 amide bonds. The molecule has 1 fully saturated rings. The molecular weight excluding hydrogens is 338 g/mol. The average Bonchev–Trinajstić information content (AvgIpc) is 2.61. The predicted octanol–water partition coefficient (Wildman–Crippen LogP) is 1.52. The first-order valence-corrected chi connectivity index (χ1v) is 10.3. The van der Waals surface area contributed by atoms with Crippen LogP contribution in [0.3, 0.4) is 0 Å². The van der Waals surface area contributed by atoms with Crippen LogP contribution in [0, 0.1) is 13.8 Å². The fourth-order valence-electron chi connectivity index (χ4n) is 3.02. The molecular formula is C18H29N3O3S. The van der Waals surface area contributed by atoms with E-state index in [2.05, 4.69) is 5.32 Å². The van der Waals surface area contributed by atoms with Gasteiger partial charge in [-0.25, -0.2) is 8.42 Å². The molecule has 1 saturated heterocycles. The minimum atomic E-state index is -3.49. The first kappa shape index (κ1) is 19.9. The van der Waals surface area contributed by atoms with Crippen molar-refractivity contribution < 1.29 is 13.2 Å². The fourth-order valence-corrected chi connectivity index (χ4v) is 4.75. The highest BCUT2D eigenvalue weighted by Crippen LogP contribution is 2.22. The van der Waals surface area contributed by atoms with E-state index in [4.69, 9.17) is 0 Å². The molecule has 0 aromatic heterocycles. The Labute approximate surface area is 151 Å². The summed E-state index contributed by atoms with van der Waals surface area (Å²) in [5, 5.41) is 2.90. The number of rotatable bonds is 6. The molecule has 1 aliphatic rings. The van der Waals surface area contributed by atoms with Crippen LogP contribution >= 0.6 is 0 Å². The van der Waals surface area contributed by atoms with Crippen LogP contribution in [-0.2, 0) is 14.8 Å². The number of piperazine rings is 1. The van der Waals surface area contributed by atoms with Crippen molar-refractivity contribution >= 4 is 15.9 Å². The molecule has 1 aliphatic heterocycles. The third-order valence-electron chi connectivity index (χ3n) is 4.71. The standard InChI is InChI=1S/C18H29N3O3S/c1-5-8-19-18(22)16(4)20-9-11-21(12-10-20)25(23,24)17-13-14(2)6-7-15(17)3/h6-7,13,16H,5,8-12H2,1-4H3,(H,19,22)/t16-/m1/s1. The highest BCUT2D eigenvalue weighted by atomic mass is 32.2. The Hall–Kier alpha value is -1.44. The molecule has 0 radical (unpaired) electrons. The second kappa shape index (κ2) is 8.29. The van der Waals surface area contributed by atoms with Crippen molar-refractivity contribution in [1.29, 1.82) is 0 Å². The summed E-state index contributed by atoms with van der Waals surface area (Å²) in [5.74, 6) is 0.00712. The quantitative estimate of drug-likeness (QED) is 0.828. The van der Waals surface area contributed by atoms with Crippen LogP contribution in [0.4, 0.5) is 0 Å². The molecule has 0 spiro atoms. The molecule has 2 rings (SSSR count). The van der Waals surface area contributed by atoms with Crippen molar-refractivity contribution in [3.05, 3.63) is 29.3 Å². The molecule has 1 heterocycles. The SMILES string of the molecule is CCCNC(=O)[C@@H](C)N1CCN(S(=O)(=O)c2cc(C)ccc2C)CC1. The molecule has 6 nitrogen and oxygen atoms in total. The van der Waals surface area contributed by atoms with Gasteiger partial charge in [0.1, 0.15) is 0 Å². The van der Waals surface area contributed by atoms with Crippen molar-refractivity contribution in [1.82, 2.24) is 14.5 Å². The molecule has 140 valence electrons. The molecule has 7 heteroatoms. The first-order valence-electron chi connectivity index (χ1n) is 8.86. The maximum absolute atomic E-state index is 12.9. The third-order valence-corrected chi connectivity index (χ3v) is 6.75. The largest absolute Gasteiger partial charge is 0.355 e.